The summed E-state index contributed by atoms with van der Waals surface area (Å²) in [7, 11) is 0. The predicted octanol–water partition coefficient (Wildman–Crippen LogP) is 3.50. The third-order valence-corrected chi connectivity index (χ3v) is 4.14. The summed E-state index contributed by atoms with van der Waals surface area (Å²) in [6.07, 6.45) is 8.29. The predicted molar refractivity (Wildman–Crippen MR) is 77.8 cm³/mol. The molecule has 2 rings (SSSR count). The second kappa shape index (κ2) is 6.53. The van der Waals surface area contributed by atoms with Crippen LogP contribution in [0.25, 0.3) is 0 Å². The van der Waals surface area contributed by atoms with Crippen molar-refractivity contribution in [3.8, 4) is 0 Å². The summed E-state index contributed by atoms with van der Waals surface area (Å²) < 4.78 is 0.926. The fourth-order valence-electron chi connectivity index (χ4n) is 2.82. The van der Waals surface area contributed by atoms with Gasteiger partial charge < -0.3 is 10.0 Å². The lowest BCUT2D eigenvalue weighted by atomic mass is 9.94. The Labute approximate surface area is 117 Å². The van der Waals surface area contributed by atoms with Gasteiger partial charge in [-0.3, -0.25) is 0 Å². The summed E-state index contributed by atoms with van der Waals surface area (Å²) in [5.41, 5.74) is 0.914. The average molecular weight is 313 g/mol. The van der Waals surface area contributed by atoms with Crippen molar-refractivity contribution in [3.63, 3.8) is 0 Å². The van der Waals surface area contributed by atoms with Crippen molar-refractivity contribution in [2.24, 2.45) is 0 Å². The summed E-state index contributed by atoms with van der Waals surface area (Å²) in [6, 6.07) is 2.55. The maximum absolute atomic E-state index is 9.50. The van der Waals surface area contributed by atoms with Gasteiger partial charge in [0, 0.05) is 28.8 Å². The van der Waals surface area contributed by atoms with Crippen LogP contribution in [0.5, 0.6) is 0 Å². The third-order valence-electron chi connectivity index (χ3n) is 3.71. The Hall–Kier alpha value is -0.610. The van der Waals surface area contributed by atoms with E-state index in [1.54, 1.807) is 0 Å². The van der Waals surface area contributed by atoms with E-state index in [9.17, 15) is 5.11 Å². The van der Waals surface area contributed by atoms with E-state index in [0.29, 0.717) is 6.04 Å². The van der Waals surface area contributed by atoms with Crippen molar-refractivity contribution in [3.05, 3.63) is 22.3 Å². The summed E-state index contributed by atoms with van der Waals surface area (Å²) in [5.74, 6) is 0.954. The van der Waals surface area contributed by atoms with E-state index in [0.717, 1.165) is 22.4 Å². The molecule has 1 saturated carbocycles. The van der Waals surface area contributed by atoms with Gasteiger partial charge in [0.05, 0.1) is 6.61 Å². The van der Waals surface area contributed by atoms with Gasteiger partial charge >= 0.3 is 0 Å². The molecule has 0 saturated heterocycles. The molecule has 4 heteroatoms. The summed E-state index contributed by atoms with van der Waals surface area (Å²) in [4.78, 5) is 6.87. The second-order valence-corrected chi connectivity index (χ2v) is 5.79. The van der Waals surface area contributed by atoms with Gasteiger partial charge in [0.2, 0.25) is 0 Å². The van der Waals surface area contributed by atoms with Crippen molar-refractivity contribution in [2.75, 3.05) is 11.4 Å². The molecule has 100 valence electrons. The van der Waals surface area contributed by atoms with E-state index in [2.05, 4.69) is 32.7 Å². The van der Waals surface area contributed by atoms with Gasteiger partial charge in [-0.2, -0.15) is 0 Å². The molecule has 0 amide bonds. The van der Waals surface area contributed by atoms with E-state index in [1.807, 2.05) is 12.3 Å². The fraction of sp³-hybridized carbons (Fsp3) is 0.643. The van der Waals surface area contributed by atoms with Crippen molar-refractivity contribution in [1.82, 2.24) is 4.98 Å². The van der Waals surface area contributed by atoms with Crippen LogP contribution in [0, 0.1) is 0 Å². The molecule has 1 fully saturated rings. The van der Waals surface area contributed by atoms with Crippen LogP contribution in [-0.2, 0) is 6.61 Å². The Balaban J connectivity index is 2.25. The topological polar surface area (TPSA) is 36.4 Å². The molecule has 18 heavy (non-hydrogen) atoms. The molecule has 1 aromatic rings. The molecule has 0 aliphatic heterocycles. The Bertz CT molecular complexity index is 391. The molecule has 3 nitrogen and oxygen atoms in total. The number of aromatic nitrogens is 1. The number of hydrogen-bond acceptors (Lipinski definition) is 3. The van der Waals surface area contributed by atoms with Crippen LogP contribution in [0.4, 0.5) is 5.82 Å². The number of rotatable bonds is 4. The first kappa shape index (κ1) is 13.8. The smallest absolute Gasteiger partial charge is 0.134 e. The van der Waals surface area contributed by atoms with Crippen LogP contribution in [0.2, 0.25) is 0 Å². The van der Waals surface area contributed by atoms with Crippen molar-refractivity contribution < 1.29 is 5.11 Å². The maximum atomic E-state index is 9.50. The Morgan fingerprint density at radius 2 is 2.11 bits per heavy atom. The van der Waals surface area contributed by atoms with Gasteiger partial charge in [-0.05, 0) is 41.8 Å². The maximum Gasteiger partial charge on any atom is 0.134 e. The van der Waals surface area contributed by atoms with Gasteiger partial charge in [-0.1, -0.05) is 19.3 Å². The van der Waals surface area contributed by atoms with E-state index >= 15 is 0 Å². The fourth-order valence-corrected chi connectivity index (χ4v) is 3.20. The standard InChI is InChI=1S/C14H21BrN2O/c1-2-17(13-6-4-3-5-7-13)14-11(10-18)8-12(15)9-16-14/h8-9,13,18H,2-7,10H2,1H3. The zero-order valence-electron chi connectivity index (χ0n) is 10.9. The number of hydrogen-bond donors (Lipinski definition) is 1. The zero-order valence-corrected chi connectivity index (χ0v) is 12.5. The van der Waals surface area contributed by atoms with Crippen LogP contribution in [0.15, 0.2) is 16.7 Å². The molecule has 1 aliphatic carbocycles. The third kappa shape index (κ3) is 3.04. The number of aliphatic hydroxyl groups excluding tert-OH is 1. The molecule has 0 bridgehead atoms. The summed E-state index contributed by atoms with van der Waals surface area (Å²) in [6.45, 7) is 3.16. The van der Waals surface area contributed by atoms with E-state index in [4.69, 9.17) is 0 Å². The van der Waals surface area contributed by atoms with Crippen LogP contribution < -0.4 is 4.90 Å². The molecule has 1 heterocycles. The molecular weight excluding hydrogens is 292 g/mol. The minimum Gasteiger partial charge on any atom is -0.392 e. The van der Waals surface area contributed by atoms with Gasteiger partial charge in [0.15, 0.2) is 0 Å². The summed E-state index contributed by atoms with van der Waals surface area (Å²) >= 11 is 3.41. The highest BCUT2D eigenvalue weighted by atomic mass is 79.9. The highest BCUT2D eigenvalue weighted by molar-refractivity contribution is 9.10. The lowest BCUT2D eigenvalue weighted by Gasteiger charge is -2.35. The number of aliphatic hydroxyl groups is 1. The Morgan fingerprint density at radius 3 is 2.72 bits per heavy atom. The second-order valence-electron chi connectivity index (χ2n) is 4.87. The minimum atomic E-state index is 0.0466. The Morgan fingerprint density at radius 1 is 1.39 bits per heavy atom. The normalized spacial score (nSPS) is 16.8. The first-order valence-corrected chi connectivity index (χ1v) is 7.57. The van der Waals surface area contributed by atoms with E-state index in [-0.39, 0.29) is 6.61 Å². The van der Waals surface area contributed by atoms with Gasteiger partial charge in [0.25, 0.3) is 0 Å². The Kier molecular flexibility index (Phi) is 5.01. The molecule has 0 spiro atoms. The number of pyridine rings is 1. The van der Waals surface area contributed by atoms with Gasteiger partial charge in [0.1, 0.15) is 5.82 Å². The number of halogens is 1. The monoisotopic (exact) mass is 312 g/mol. The van der Waals surface area contributed by atoms with Crippen LogP contribution in [0.3, 0.4) is 0 Å². The molecule has 0 aromatic carbocycles. The van der Waals surface area contributed by atoms with Crippen LogP contribution >= 0.6 is 15.9 Å². The van der Waals surface area contributed by atoms with Crippen molar-refractivity contribution in [2.45, 2.75) is 51.7 Å². The van der Waals surface area contributed by atoms with Gasteiger partial charge in [-0.25, -0.2) is 4.98 Å². The van der Waals surface area contributed by atoms with Crippen LogP contribution in [0.1, 0.15) is 44.6 Å². The highest BCUT2D eigenvalue weighted by Gasteiger charge is 2.22. The first-order valence-electron chi connectivity index (χ1n) is 6.78. The molecule has 0 radical (unpaired) electrons. The van der Waals surface area contributed by atoms with Crippen molar-refractivity contribution in [1.29, 1.82) is 0 Å². The first-order chi connectivity index (χ1) is 8.76. The van der Waals surface area contributed by atoms with E-state index < -0.39 is 0 Å². The van der Waals surface area contributed by atoms with Crippen LogP contribution in [-0.4, -0.2) is 22.7 Å². The molecule has 1 aliphatic rings. The molecule has 0 unspecified atom stereocenters. The number of nitrogens with zero attached hydrogens (tertiary/aromatic N) is 2. The molecule has 1 N–H and O–H groups in total. The average Bonchev–Trinajstić information content (AvgIpc) is 2.42. The minimum absolute atomic E-state index is 0.0466. The lowest BCUT2D eigenvalue weighted by molar-refractivity contribution is 0.281. The number of anilines is 1. The largest absolute Gasteiger partial charge is 0.392 e. The van der Waals surface area contributed by atoms with Gasteiger partial charge in [-0.15, -0.1) is 0 Å². The summed E-state index contributed by atoms with van der Waals surface area (Å²) in [5, 5.41) is 9.50. The van der Waals surface area contributed by atoms with Crippen molar-refractivity contribution >= 4 is 21.7 Å². The quantitative estimate of drug-likeness (QED) is 0.924. The van der Waals surface area contributed by atoms with E-state index in [1.165, 1.54) is 32.1 Å². The molecule has 1 aromatic heterocycles. The zero-order chi connectivity index (χ0) is 13.0. The lowest BCUT2D eigenvalue weighted by Crippen LogP contribution is -2.37. The molecule has 0 atom stereocenters. The SMILES string of the molecule is CCN(c1ncc(Br)cc1CO)C1CCCCC1. The highest BCUT2D eigenvalue weighted by Crippen LogP contribution is 2.29. The molecular formula is C14H21BrN2O.